The Morgan fingerprint density at radius 1 is 1.03 bits per heavy atom. The van der Waals surface area contributed by atoms with E-state index in [1.807, 2.05) is 46.8 Å². The largest absolute Gasteiger partial charge is 0.352 e. The zero-order chi connectivity index (χ0) is 26.3. The van der Waals surface area contributed by atoms with Crippen molar-refractivity contribution in [2.75, 3.05) is 17.1 Å². The summed E-state index contributed by atoms with van der Waals surface area (Å²) in [5.74, 6) is -0.762. The second kappa shape index (κ2) is 12.4. The van der Waals surface area contributed by atoms with Gasteiger partial charge in [0.25, 0.3) is 0 Å². The molecule has 2 amide bonds. The minimum absolute atomic E-state index is 0.0590. The standard InChI is InChI=1S/C26H36ClN3O4S/c1-7-19(4)28-26(32)23(8-2)29(16-21-13-9-10-14-22(21)27)25(31)17-30(35(6,33)34)24-15-11-12-18(3)20(24)5/h9-15,19,23H,7-8,16-17H2,1-6H3,(H,28,32). The van der Waals surface area contributed by atoms with Crippen molar-refractivity contribution < 1.29 is 18.0 Å². The highest BCUT2D eigenvalue weighted by Crippen LogP contribution is 2.26. The number of sulfonamides is 1. The molecule has 0 heterocycles. The van der Waals surface area contributed by atoms with Gasteiger partial charge in [0.05, 0.1) is 11.9 Å². The first-order valence-electron chi connectivity index (χ1n) is 11.8. The third-order valence-electron chi connectivity index (χ3n) is 6.21. The number of benzene rings is 2. The minimum Gasteiger partial charge on any atom is -0.352 e. The quantitative estimate of drug-likeness (QED) is 0.473. The highest BCUT2D eigenvalue weighted by molar-refractivity contribution is 7.92. The average molecular weight is 522 g/mol. The summed E-state index contributed by atoms with van der Waals surface area (Å²) in [6.45, 7) is 9.05. The molecule has 0 fully saturated rings. The lowest BCUT2D eigenvalue weighted by atomic mass is 10.1. The van der Waals surface area contributed by atoms with E-state index in [0.29, 0.717) is 22.7 Å². The normalized spacial score (nSPS) is 13.1. The van der Waals surface area contributed by atoms with E-state index < -0.39 is 28.5 Å². The van der Waals surface area contributed by atoms with E-state index >= 15 is 0 Å². The maximum absolute atomic E-state index is 13.7. The van der Waals surface area contributed by atoms with Gasteiger partial charge in [0.15, 0.2) is 0 Å². The second-order valence-electron chi connectivity index (χ2n) is 8.84. The van der Waals surface area contributed by atoms with Crippen LogP contribution >= 0.6 is 11.6 Å². The van der Waals surface area contributed by atoms with Crippen LogP contribution in [0.3, 0.4) is 0 Å². The van der Waals surface area contributed by atoms with Crippen LogP contribution in [0.25, 0.3) is 0 Å². The predicted octanol–water partition coefficient (Wildman–Crippen LogP) is 4.44. The molecule has 0 spiro atoms. The molecule has 0 aliphatic carbocycles. The van der Waals surface area contributed by atoms with Crippen molar-refractivity contribution in [3.63, 3.8) is 0 Å². The van der Waals surface area contributed by atoms with Crippen molar-refractivity contribution in [2.45, 2.75) is 66.1 Å². The topological polar surface area (TPSA) is 86.8 Å². The lowest BCUT2D eigenvalue weighted by Crippen LogP contribution is -2.53. The van der Waals surface area contributed by atoms with Crippen molar-refractivity contribution in [1.82, 2.24) is 10.2 Å². The lowest BCUT2D eigenvalue weighted by Gasteiger charge is -2.34. The van der Waals surface area contributed by atoms with Crippen LogP contribution in [0.15, 0.2) is 42.5 Å². The summed E-state index contributed by atoms with van der Waals surface area (Å²) in [4.78, 5) is 28.3. The first kappa shape index (κ1) is 28.7. The predicted molar refractivity (Wildman–Crippen MR) is 142 cm³/mol. The maximum atomic E-state index is 13.7. The van der Waals surface area contributed by atoms with Gasteiger partial charge in [0, 0.05) is 17.6 Å². The molecule has 0 saturated carbocycles. The molecule has 192 valence electrons. The molecule has 35 heavy (non-hydrogen) atoms. The Bertz CT molecular complexity index is 1150. The average Bonchev–Trinajstić information content (AvgIpc) is 2.79. The van der Waals surface area contributed by atoms with Gasteiger partial charge < -0.3 is 10.2 Å². The SMILES string of the molecule is CCC(C)NC(=O)C(CC)N(Cc1ccccc1Cl)C(=O)CN(c1cccc(C)c1C)S(C)(=O)=O. The number of halogens is 1. The Hall–Kier alpha value is -2.58. The Morgan fingerprint density at radius 3 is 2.26 bits per heavy atom. The van der Waals surface area contributed by atoms with Crippen LogP contribution in [-0.4, -0.2) is 50.0 Å². The molecule has 2 aromatic carbocycles. The second-order valence-corrected chi connectivity index (χ2v) is 11.2. The van der Waals surface area contributed by atoms with E-state index in [9.17, 15) is 18.0 Å². The Morgan fingerprint density at radius 2 is 1.69 bits per heavy atom. The number of nitrogens with one attached hydrogen (secondary N) is 1. The van der Waals surface area contributed by atoms with Gasteiger partial charge in [-0.2, -0.15) is 0 Å². The van der Waals surface area contributed by atoms with Gasteiger partial charge in [-0.15, -0.1) is 0 Å². The van der Waals surface area contributed by atoms with Crippen molar-refractivity contribution in [1.29, 1.82) is 0 Å². The van der Waals surface area contributed by atoms with Crippen LogP contribution in [0.4, 0.5) is 5.69 Å². The van der Waals surface area contributed by atoms with Gasteiger partial charge in [-0.1, -0.05) is 55.8 Å². The van der Waals surface area contributed by atoms with E-state index in [1.54, 1.807) is 30.3 Å². The summed E-state index contributed by atoms with van der Waals surface area (Å²) in [5, 5.41) is 3.42. The van der Waals surface area contributed by atoms with Gasteiger partial charge in [-0.05, 0) is 62.4 Å². The van der Waals surface area contributed by atoms with Crippen LogP contribution < -0.4 is 9.62 Å². The van der Waals surface area contributed by atoms with Crippen molar-refractivity contribution in [3.8, 4) is 0 Å². The van der Waals surface area contributed by atoms with Crippen molar-refractivity contribution >= 4 is 39.1 Å². The molecule has 0 aromatic heterocycles. The van der Waals surface area contributed by atoms with Gasteiger partial charge in [0.2, 0.25) is 21.8 Å². The molecule has 2 aromatic rings. The molecule has 9 heteroatoms. The fourth-order valence-electron chi connectivity index (χ4n) is 3.77. The molecule has 0 aliphatic heterocycles. The third kappa shape index (κ3) is 7.45. The molecule has 0 radical (unpaired) electrons. The monoisotopic (exact) mass is 521 g/mol. The van der Waals surface area contributed by atoms with Crippen LogP contribution in [0.1, 0.15) is 50.3 Å². The summed E-state index contributed by atoms with van der Waals surface area (Å²) in [5.41, 5.74) is 2.80. The van der Waals surface area contributed by atoms with E-state index in [4.69, 9.17) is 11.6 Å². The Balaban J connectivity index is 2.50. The third-order valence-corrected chi connectivity index (χ3v) is 7.70. The first-order chi connectivity index (χ1) is 16.4. The number of nitrogens with zero attached hydrogens (tertiary/aromatic N) is 2. The highest BCUT2D eigenvalue weighted by atomic mass is 35.5. The Kier molecular flexibility index (Phi) is 10.2. The molecule has 1 N–H and O–H groups in total. The first-order valence-corrected chi connectivity index (χ1v) is 14.0. The summed E-state index contributed by atoms with van der Waals surface area (Å²) in [7, 11) is -3.78. The fraction of sp³-hybridized carbons (Fsp3) is 0.462. The van der Waals surface area contributed by atoms with Crippen LogP contribution in [0.2, 0.25) is 5.02 Å². The number of hydrogen-bond donors (Lipinski definition) is 1. The zero-order valence-electron chi connectivity index (χ0n) is 21.3. The highest BCUT2D eigenvalue weighted by Gasteiger charge is 2.32. The van der Waals surface area contributed by atoms with E-state index in [2.05, 4.69) is 5.32 Å². The van der Waals surface area contributed by atoms with Gasteiger partial charge in [0.1, 0.15) is 12.6 Å². The molecule has 2 unspecified atom stereocenters. The number of amides is 2. The van der Waals surface area contributed by atoms with Gasteiger partial charge in [-0.3, -0.25) is 13.9 Å². The number of hydrogen-bond acceptors (Lipinski definition) is 4. The number of anilines is 1. The van der Waals surface area contributed by atoms with Crippen LogP contribution in [-0.2, 0) is 26.2 Å². The molecular formula is C26H36ClN3O4S. The zero-order valence-corrected chi connectivity index (χ0v) is 22.9. The number of rotatable bonds is 11. The minimum atomic E-state index is -3.78. The number of carbonyl (C=O) groups excluding carboxylic acids is 2. The molecule has 0 bridgehead atoms. The molecule has 0 aliphatic rings. The summed E-state index contributed by atoms with van der Waals surface area (Å²) in [6, 6.07) is 11.6. The molecule has 2 atom stereocenters. The smallest absolute Gasteiger partial charge is 0.244 e. The summed E-state index contributed by atoms with van der Waals surface area (Å²) >= 11 is 6.37. The number of carbonyl (C=O) groups is 2. The Labute approximate surface area is 214 Å². The lowest BCUT2D eigenvalue weighted by molar-refractivity contribution is -0.140. The van der Waals surface area contributed by atoms with Gasteiger partial charge in [-0.25, -0.2) is 8.42 Å². The van der Waals surface area contributed by atoms with E-state index in [1.165, 1.54) is 4.90 Å². The van der Waals surface area contributed by atoms with Crippen molar-refractivity contribution in [2.24, 2.45) is 0 Å². The molecule has 2 rings (SSSR count). The molecular weight excluding hydrogens is 486 g/mol. The van der Waals surface area contributed by atoms with E-state index in [-0.39, 0.29) is 18.5 Å². The molecule has 0 saturated heterocycles. The van der Waals surface area contributed by atoms with E-state index in [0.717, 1.165) is 28.1 Å². The molecule has 7 nitrogen and oxygen atoms in total. The summed E-state index contributed by atoms with van der Waals surface area (Å²) in [6.07, 6.45) is 2.18. The van der Waals surface area contributed by atoms with Crippen LogP contribution in [0.5, 0.6) is 0 Å². The summed E-state index contributed by atoms with van der Waals surface area (Å²) < 4.78 is 26.7. The van der Waals surface area contributed by atoms with Crippen molar-refractivity contribution in [3.05, 3.63) is 64.2 Å². The van der Waals surface area contributed by atoms with Crippen LogP contribution in [0, 0.1) is 13.8 Å². The fourth-order valence-corrected chi connectivity index (χ4v) is 4.87. The van der Waals surface area contributed by atoms with Gasteiger partial charge >= 0.3 is 0 Å². The maximum Gasteiger partial charge on any atom is 0.244 e. The number of aryl methyl sites for hydroxylation is 1.